The van der Waals surface area contributed by atoms with Crippen LogP contribution in [-0.4, -0.2) is 39.5 Å². The molecule has 4 heteroatoms. The molecule has 8 heavy (non-hydrogen) atoms. The Balaban J connectivity index is 0. The molecule has 0 spiro atoms. The van der Waals surface area contributed by atoms with Crippen LogP contribution in [-0.2, 0) is 0 Å². The molecule has 0 aliphatic rings. The average molecular weight is 153 g/mol. The summed E-state index contributed by atoms with van der Waals surface area (Å²) in [5.41, 5.74) is 0. The first-order valence-corrected chi connectivity index (χ1v) is 4.51. The fraction of sp³-hybridized carbons (Fsp3) is 1.00. The lowest BCUT2D eigenvalue weighted by atomic mass is 11.0. The molecule has 0 bridgehead atoms. The lowest BCUT2D eigenvalue weighted by Gasteiger charge is -2.04. The van der Waals surface area contributed by atoms with Crippen molar-refractivity contribution >= 4 is 25.1 Å². The molecule has 0 aliphatic carbocycles. The first-order chi connectivity index (χ1) is 3.12. The van der Waals surface area contributed by atoms with Gasteiger partial charge in [-0.2, -0.15) is 0 Å². The van der Waals surface area contributed by atoms with Crippen LogP contribution in [0.25, 0.3) is 0 Å². The van der Waals surface area contributed by atoms with Gasteiger partial charge in [-0.25, -0.2) is 9.79 Å². The Kier molecular flexibility index (Phi) is 6.89. The zero-order chi connectivity index (χ0) is 5.91. The van der Waals surface area contributed by atoms with Gasteiger partial charge >= 0.3 is 0 Å². The van der Waals surface area contributed by atoms with E-state index >= 15 is 0 Å². The van der Waals surface area contributed by atoms with Crippen molar-refractivity contribution in [2.24, 2.45) is 0 Å². The van der Waals surface area contributed by atoms with Gasteiger partial charge in [0.15, 0.2) is 17.4 Å². The van der Waals surface area contributed by atoms with Gasteiger partial charge in [-0.05, 0) is 13.8 Å². The molecule has 0 radical (unpaired) electrons. The summed E-state index contributed by atoms with van der Waals surface area (Å²) < 4.78 is 0. The molecule has 2 N–H and O–H groups in total. The molecule has 0 aromatic rings. The van der Waals surface area contributed by atoms with Gasteiger partial charge in [0, 0.05) is 0 Å². The SMILES string of the molecule is CC[P+](O)(O)CC.[AlH3]. The molecular weight excluding hydrogens is 138 g/mol. The van der Waals surface area contributed by atoms with Crippen molar-refractivity contribution in [2.75, 3.05) is 12.3 Å². The molecule has 0 saturated heterocycles. The van der Waals surface area contributed by atoms with E-state index in [4.69, 9.17) is 9.79 Å². The van der Waals surface area contributed by atoms with Crippen LogP contribution in [0.15, 0.2) is 0 Å². The van der Waals surface area contributed by atoms with Crippen LogP contribution in [0.3, 0.4) is 0 Å². The number of hydrogen-bond donors (Lipinski definition) is 2. The summed E-state index contributed by atoms with van der Waals surface area (Å²) in [4.78, 5) is 17.6. The van der Waals surface area contributed by atoms with Crippen LogP contribution in [0.2, 0.25) is 0 Å². The zero-order valence-electron chi connectivity index (χ0n) is 4.76. The Bertz CT molecular complexity index is 52.0. The summed E-state index contributed by atoms with van der Waals surface area (Å²) in [6, 6.07) is 0. The smallest absolute Gasteiger partial charge is 0.220 e. The fourth-order valence-corrected chi connectivity index (χ4v) is 0.671. The van der Waals surface area contributed by atoms with Crippen molar-refractivity contribution in [1.29, 1.82) is 0 Å². The minimum atomic E-state index is -2.40. The molecule has 0 unspecified atom stereocenters. The van der Waals surface area contributed by atoms with E-state index in [0.29, 0.717) is 12.3 Å². The molecule has 0 aliphatic heterocycles. The quantitative estimate of drug-likeness (QED) is 0.421. The van der Waals surface area contributed by atoms with Crippen LogP contribution in [0.1, 0.15) is 13.8 Å². The standard InChI is InChI=1S/C4H12O2P.Al.3H/c1-3-7(5,6)4-2;;;;/h5-6H,3-4H2,1-2H3;;;;/q+1;;;;. The highest BCUT2D eigenvalue weighted by Crippen LogP contribution is 2.48. The molecule has 0 saturated carbocycles. The monoisotopic (exact) mass is 153 g/mol. The maximum Gasteiger partial charge on any atom is 0.267 e. The van der Waals surface area contributed by atoms with Gasteiger partial charge in [0.2, 0.25) is 0 Å². The summed E-state index contributed by atoms with van der Waals surface area (Å²) in [6.45, 7) is 3.58. The van der Waals surface area contributed by atoms with E-state index in [1.807, 2.05) is 0 Å². The molecule has 0 aromatic carbocycles. The minimum absolute atomic E-state index is 0. The predicted molar refractivity (Wildman–Crippen MR) is 42.4 cm³/mol. The third-order valence-corrected chi connectivity index (χ3v) is 3.04. The molecule has 0 heterocycles. The Morgan fingerprint density at radius 2 is 1.38 bits per heavy atom. The largest absolute Gasteiger partial charge is 0.267 e. The lowest BCUT2D eigenvalue weighted by Crippen LogP contribution is -1.94. The number of rotatable bonds is 2. The van der Waals surface area contributed by atoms with Crippen molar-refractivity contribution in [3.05, 3.63) is 0 Å². The van der Waals surface area contributed by atoms with Crippen molar-refractivity contribution in [3.63, 3.8) is 0 Å². The highest BCUT2D eigenvalue weighted by atomic mass is 31.2. The third-order valence-electron chi connectivity index (χ3n) is 1.01. The van der Waals surface area contributed by atoms with E-state index in [1.165, 1.54) is 0 Å². The average Bonchev–Trinajstić information content (AvgIpc) is 1.68. The van der Waals surface area contributed by atoms with Crippen molar-refractivity contribution in [1.82, 2.24) is 0 Å². The van der Waals surface area contributed by atoms with Crippen LogP contribution in [0.4, 0.5) is 0 Å². The van der Waals surface area contributed by atoms with Gasteiger partial charge in [0.25, 0.3) is 7.72 Å². The van der Waals surface area contributed by atoms with E-state index in [0.717, 1.165) is 0 Å². The fourth-order valence-electron chi connectivity index (χ4n) is 0.224. The second-order valence-electron chi connectivity index (χ2n) is 1.51. The molecule has 0 atom stereocenters. The van der Waals surface area contributed by atoms with Gasteiger partial charge in [0.05, 0.1) is 0 Å². The first kappa shape index (κ1) is 11.7. The topological polar surface area (TPSA) is 40.5 Å². The Morgan fingerprint density at radius 1 is 1.12 bits per heavy atom. The van der Waals surface area contributed by atoms with Crippen LogP contribution in [0.5, 0.6) is 0 Å². The van der Waals surface area contributed by atoms with Crippen molar-refractivity contribution in [2.45, 2.75) is 13.8 Å². The molecule has 0 fully saturated rings. The van der Waals surface area contributed by atoms with Crippen LogP contribution < -0.4 is 0 Å². The van der Waals surface area contributed by atoms with Crippen LogP contribution >= 0.6 is 7.72 Å². The Morgan fingerprint density at radius 3 is 1.38 bits per heavy atom. The molecule has 0 rings (SSSR count). The summed E-state index contributed by atoms with van der Waals surface area (Å²) in [6.07, 6.45) is 1.03. The summed E-state index contributed by atoms with van der Waals surface area (Å²) in [5.74, 6) is 0. The Hall–Kier alpha value is 0.882. The van der Waals surface area contributed by atoms with Gasteiger partial charge in [-0.15, -0.1) is 0 Å². The second kappa shape index (κ2) is 4.73. The summed E-state index contributed by atoms with van der Waals surface area (Å²) in [5, 5.41) is 0. The van der Waals surface area contributed by atoms with Crippen molar-refractivity contribution in [3.8, 4) is 0 Å². The second-order valence-corrected chi connectivity index (χ2v) is 4.53. The van der Waals surface area contributed by atoms with E-state index in [1.54, 1.807) is 13.8 Å². The van der Waals surface area contributed by atoms with Gasteiger partial charge < -0.3 is 0 Å². The molecular formula is C4H15AlO2P+. The van der Waals surface area contributed by atoms with E-state index in [2.05, 4.69) is 0 Å². The molecule has 50 valence electrons. The number of hydrogen-bond acceptors (Lipinski definition) is 2. The van der Waals surface area contributed by atoms with E-state index in [9.17, 15) is 0 Å². The molecule has 0 aromatic heterocycles. The predicted octanol–water partition coefficient (Wildman–Crippen LogP) is -0.326. The Labute approximate surface area is 61.6 Å². The third kappa shape index (κ3) is 5.03. The van der Waals surface area contributed by atoms with E-state index in [-0.39, 0.29) is 17.4 Å². The molecule has 0 amide bonds. The zero-order valence-corrected chi connectivity index (χ0v) is 5.65. The highest BCUT2D eigenvalue weighted by molar-refractivity contribution is 7.64. The van der Waals surface area contributed by atoms with Gasteiger partial charge in [0.1, 0.15) is 12.3 Å². The summed E-state index contributed by atoms with van der Waals surface area (Å²) >= 11 is 0. The maximum atomic E-state index is 8.80. The van der Waals surface area contributed by atoms with Gasteiger partial charge in [-0.3, -0.25) is 0 Å². The molecule has 2 nitrogen and oxygen atoms in total. The maximum absolute atomic E-state index is 8.80. The minimum Gasteiger partial charge on any atom is -0.220 e. The highest BCUT2D eigenvalue weighted by Gasteiger charge is 2.25. The summed E-state index contributed by atoms with van der Waals surface area (Å²) in [7, 11) is -2.40. The lowest BCUT2D eigenvalue weighted by molar-refractivity contribution is 0.452. The first-order valence-electron chi connectivity index (χ1n) is 2.45. The van der Waals surface area contributed by atoms with Crippen molar-refractivity contribution < 1.29 is 9.79 Å². The van der Waals surface area contributed by atoms with Crippen LogP contribution in [0, 0.1) is 0 Å². The van der Waals surface area contributed by atoms with E-state index < -0.39 is 7.72 Å². The van der Waals surface area contributed by atoms with Gasteiger partial charge in [-0.1, -0.05) is 0 Å². The normalized spacial score (nSPS) is 10.5.